The molecule has 0 aromatic heterocycles. The number of ether oxygens (including phenoxy) is 1. The van der Waals surface area contributed by atoms with Crippen molar-refractivity contribution in [3.63, 3.8) is 0 Å². The Morgan fingerprint density at radius 2 is 2.15 bits per heavy atom. The third-order valence-electron chi connectivity index (χ3n) is 3.69. The summed E-state index contributed by atoms with van der Waals surface area (Å²) < 4.78 is 4.82. The Hall–Kier alpha value is -0.570. The second-order valence-corrected chi connectivity index (χ2v) is 4.88. The normalized spacial score (nSPS) is 48.1. The quantitative estimate of drug-likeness (QED) is 0.618. The molecule has 0 saturated carbocycles. The molecular weight excluding hydrogens is 166 g/mol. The molecule has 3 nitrogen and oxygen atoms in total. The molecule has 3 atom stereocenters. The highest BCUT2D eigenvalue weighted by atomic mass is 16.5. The van der Waals surface area contributed by atoms with Gasteiger partial charge in [-0.25, -0.2) is 0 Å². The minimum absolute atomic E-state index is 0.0121. The van der Waals surface area contributed by atoms with Gasteiger partial charge in [0.1, 0.15) is 0 Å². The van der Waals surface area contributed by atoms with E-state index in [4.69, 9.17) is 4.74 Å². The van der Waals surface area contributed by atoms with Crippen LogP contribution in [0.3, 0.4) is 0 Å². The molecular formula is C10H17NO2. The van der Waals surface area contributed by atoms with Gasteiger partial charge in [0, 0.05) is 11.1 Å². The van der Waals surface area contributed by atoms with E-state index in [9.17, 15) is 4.79 Å². The van der Waals surface area contributed by atoms with Crippen molar-refractivity contribution in [3.05, 3.63) is 0 Å². The molecule has 74 valence electrons. The summed E-state index contributed by atoms with van der Waals surface area (Å²) >= 11 is 0. The minimum atomic E-state index is -0.0570. The number of nitrogens with one attached hydrogen (secondary N) is 1. The fourth-order valence-electron chi connectivity index (χ4n) is 2.93. The van der Waals surface area contributed by atoms with Crippen LogP contribution in [0.4, 0.5) is 0 Å². The molecule has 1 N–H and O–H groups in total. The number of methoxy groups -OCH3 is 1. The Kier molecular flexibility index (Phi) is 1.71. The Morgan fingerprint density at radius 3 is 2.54 bits per heavy atom. The van der Waals surface area contributed by atoms with Gasteiger partial charge in [0.05, 0.1) is 13.0 Å². The Labute approximate surface area is 78.8 Å². The van der Waals surface area contributed by atoms with E-state index in [0.29, 0.717) is 0 Å². The van der Waals surface area contributed by atoms with Gasteiger partial charge in [-0.1, -0.05) is 0 Å². The van der Waals surface area contributed by atoms with E-state index >= 15 is 0 Å². The molecule has 13 heavy (non-hydrogen) atoms. The van der Waals surface area contributed by atoms with E-state index in [1.807, 2.05) is 0 Å². The molecule has 0 unspecified atom stereocenters. The summed E-state index contributed by atoms with van der Waals surface area (Å²) in [4.78, 5) is 11.5. The summed E-state index contributed by atoms with van der Waals surface area (Å²) in [6, 6.07) is 0. The highest BCUT2D eigenvalue weighted by molar-refractivity contribution is 5.75. The van der Waals surface area contributed by atoms with Crippen LogP contribution < -0.4 is 5.32 Å². The first-order chi connectivity index (χ1) is 5.99. The van der Waals surface area contributed by atoms with Gasteiger partial charge in [-0.05, 0) is 33.1 Å². The van der Waals surface area contributed by atoms with Gasteiger partial charge in [0.15, 0.2) is 0 Å². The van der Waals surface area contributed by atoms with E-state index < -0.39 is 0 Å². The van der Waals surface area contributed by atoms with Crippen molar-refractivity contribution in [2.24, 2.45) is 5.92 Å². The standard InChI is InChI=1S/C10H17NO2/c1-9-4-5-10(2,11-9)7(6-9)8(12)13-3/h7,11H,4-6H2,1-3H3/t7-,9+,10-/m1/s1. The summed E-state index contributed by atoms with van der Waals surface area (Å²) in [6.07, 6.45) is 3.19. The topological polar surface area (TPSA) is 38.3 Å². The molecule has 2 bridgehead atoms. The second kappa shape index (κ2) is 2.47. The van der Waals surface area contributed by atoms with Crippen LogP contribution in [-0.2, 0) is 9.53 Å². The van der Waals surface area contributed by atoms with Crippen molar-refractivity contribution in [3.8, 4) is 0 Å². The maximum absolute atomic E-state index is 11.5. The van der Waals surface area contributed by atoms with Crippen LogP contribution >= 0.6 is 0 Å². The lowest BCUT2D eigenvalue weighted by Crippen LogP contribution is -2.43. The zero-order valence-electron chi connectivity index (χ0n) is 8.52. The molecule has 0 spiro atoms. The number of hydrogen-bond acceptors (Lipinski definition) is 3. The van der Waals surface area contributed by atoms with E-state index in [2.05, 4.69) is 19.2 Å². The number of fused-ring (bicyclic) bond motifs is 2. The van der Waals surface area contributed by atoms with Gasteiger partial charge in [-0.15, -0.1) is 0 Å². The second-order valence-electron chi connectivity index (χ2n) is 4.88. The van der Waals surface area contributed by atoms with Crippen LogP contribution in [0.1, 0.15) is 33.1 Å². The molecule has 0 aromatic carbocycles. The number of esters is 1. The summed E-state index contributed by atoms with van der Waals surface area (Å²) in [6.45, 7) is 4.33. The Balaban J connectivity index is 2.21. The van der Waals surface area contributed by atoms with E-state index in [1.54, 1.807) is 0 Å². The molecule has 2 fully saturated rings. The summed E-state index contributed by atoms with van der Waals surface area (Å²) in [5.41, 5.74) is 0.162. The monoisotopic (exact) mass is 183 g/mol. The third-order valence-corrected chi connectivity index (χ3v) is 3.69. The van der Waals surface area contributed by atoms with Crippen molar-refractivity contribution in [1.29, 1.82) is 0 Å². The average molecular weight is 183 g/mol. The number of rotatable bonds is 1. The van der Waals surface area contributed by atoms with Crippen LogP contribution in [0.5, 0.6) is 0 Å². The van der Waals surface area contributed by atoms with Crippen LogP contribution in [0.15, 0.2) is 0 Å². The predicted octanol–water partition coefficient (Wildman–Crippen LogP) is 1.08. The first-order valence-corrected chi connectivity index (χ1v) is 4.86. The highest BCUT2D eigenvalue weighted by Crippen LogP contribution is 2.48. The van der Waals surface area contributed by atoms with E-state index in [1.165, 1.54) is 13.5 Å². The maximum atomic E-state index is 11.5. The average Bonchev–Trinajstić information content (AvgIpc) is 2.51. The van der Waals surface area contributed by atoms with Crippen LogP contribution in [0.2, 0.25) is 0 Å². The van der Waals surface area contributed by atoms with Crippen molar-refractivity contribution in [1.82, 2.24) is 5.32 Å². The fourth-order valence-corrected chi connectivity index (χ4v) is 2.93. The SMILES string of the molecule is COC(=O)[C@H]1C[C@]2(C)CC[C@@]1(C)N2. The number of carbonyl (C=O) groups excluding carboxylic acids is 1. The molecule has 0 aliphatic carbocycles. The smallest absolute Gasteiger partial charge is 0.310 e. The largest absolute Gasteiger partial charge is 0.469 e. The lowest BCUT2D eigenvalue weighted by atomic mass is 9.75. The summed E-state index contributed by atoms with van der Waals surface area (Å²) in [7, 11) is 1.47. The molecule has 3 heteroatoms. The summed E-state index contributed by atoms with van der Waals surface area (Å²) in [5.74, 6) is -0.00493. The van der Waals surface area contributed by atoms with Gasteiger partial charge in [0.25, 0.3) is 0 Å². The van der Waals surface area contributed by atoms with Crippen molar-refractivity contribution in [2.45, 2.75) is 44.2 Å². The van der Waals surface area contributed by atoms with Gasteiger partial charge in [0.2, 0.25) is 0 Å². The predicted molar refractivity (Wildman–Crippen MR) is 49.3 cm³/mol. The van der Waals surface area contributed by atoms with Gasteiger partial charge in [-0.3, -0.25) is 4.79 Å². The summed E-state index contributed by atoms with van der Waals surface area (Å²) in [5, 5.41) is 3.55. The zero-order valence-corrected chi connectivity index (χ0v) is 8.52. The van der Waals surface area contributed by atoms with Gasteiger partial charge < -0.3 is 10.1 Å². The third kappa shape index (κ3) is 1.17. The van der Waals surface area contributed by atoms with Crippen LogP contribution in [0.25, 0.3) is 0 Å². The molecule has 2 aliphatic heterocycles. The molecule has 2 rings (SSSR count). The molecule has 2 heterocycles. The Morgan fingerprint density at radius 1 is 1.46 bits per heavy atom. The number of hydrogen-bond donors (Lipinski definition) is 1. The molecule has 2 saturated heterocycles. The minimum Gasteiger partial charge on any atom is -0.469 e. The van der Waals surface area contributed by atoms with Gasteiger partial charge in [-0.2, -0.15) is 0 Å². The van der Waals surface area contributed by atoms with Crippen molar-refractivity contribution in [2.75, 3.05) is 7.11 Å². The van der Waals surface area contributed by atoms with E-state index in [0.717, 1.165) is 12.8 Å². The lowest BCUT2D eigenvalue weighted by molar-refractivity contribution is -0.147. The number of carbonyl (C=O) groups is 1. The Bertz CT molecular complexity index is 253. The highest BCUT2D eigenvalue weighted by Gasteiger charge is 2.57. The van der Waals surface area contributed by atoms with Crippen molar-refractivity contribution >= 4 is 5.97 Å². The molecule has 0 radical (unpaired) electrons. The molecule has 0 amide bonds. The van der Waals surface area contributed by atoms with E-state index in [-0.39, 0.29) is 23.0 Å². The molecule has 2 aliphatic rings. The van der Waals surface area contributed by atoms with Crippen LogP contribution in [0, 0.1) is 5.92 Å². The maximum Gasteiger partial charge on any atom is 0.310 e. The fraction of sp³-hybridized carbons (Fsp3) is 0.900. The van der Waals surface area contributed by atoms with Crippen LogP contribution in [-0.4, -0.2) is 24.2 Å². The molecule has 0 aromatic rings. The first kappa shape index (κ1) is 9.00. The van der Waals surface area contributed by atoms with Crippen molar-refractivity contribution < 1.29 is 9.53 Å². The lowest BCUT2D eigenvalue weighted by Gasteiger charge is -2.28. The van der Waals surface area contributed by atoms with Gasteiger partial charge >= 0.3 is 5.97 Å². The zero-order chi connectivity index (χ0) is 9.69. The first-order valence-electron chi connectivity index (χ1n) is 4.86.